The quantitative estimate of drug-likeness (QED) is 0.567. The number of anilines is 1. The highest BCUT2D eigenvalue weighted by molar-refractivity contribution is 5.91. The van der Waals surface area contributed by atoms with Crippen LogP contribution in [0.15, 0.2) is 24.8 Å². The van der Waals surface area contributed by atoms with Crippen LogP contribution in [-0.2, 0) is 0 Å². The molecule has 1 fully saturated rings. The van der Waals surface area contributed by atoms with Gasteiger partial charge in [0, 0.05) is 37.0 Å². The summed E-state index contributed by atoms with van der Waals surface area (Å²) in [5, 5.41) is 13.6. The van der Waals surface area contributed by atoms with Crippen molar-refractivity contribution in [2.45, 2.75) is 50.6 Å². The molecule has 2 heterocycles. The number of carbonyl (C=O) groups excluding carboxylic acids is 1. The lowest BCUT2D eigenvalue weighted by atomic mass is 9.90. The molecule has 3 N–H and O–H groups in total. The maximum Gasteiger partial charge on any atom is 0.404 e. The monoisotopic (exact) mass is 465 g/mol. The lowest BCUT2D eigenvalue weighted by Crippen LogP contribution is -2.51. The summed E-state index contributed by atoms with van der Waals surface area (Å²) in [6, 6.07) is -1.10. The van der Waals surface area contributed by atoms with E-state index in [1.54, 1.807) is 0 Å². The first-order valence-corrected chi connectivity index (χ1v) is 10.3. The number of halogens is 2. The number of ether oxygens (including phenoxy) is 1. The Balaban J connectivity index is 1.79. The van der Waals surface area contributed by atoms with Crippen molar-refractivity contribution in [1.82, 2.24) is 30.6 Å². The number of amides is 3. The van der Waals surface area contributed by atoms with Crippen molar-refractivity contribution in [2.24, 2.45) is 0 Å². The minimum atomic E-state index is -3.08. The van der Waals surface area contributed by atoms with Crippen molar-refractivity contribution in [3.05, 3.63) is 24.8 Å². The van der Waals surface area contributed by atoms with E-state index in [0.29, 0.717) is 43.9 Å². The van der Waals surface area contributed by atoms with E-state index in [1.165, 1.54) is 36.8 Å². The van der Waals surface area contributed by atoms with Gasteiger partial charge in [-0.1, -0.05) is 0 Å². The van der Waals surface area contributed by atoms with Gasteiger partial charge in [-0.25, -0.2) is 33.3 Å². The molecule has 1 aliphatic carbocycles. The molecule has 0 unspecified atom stereocenters. The number of carboxylic acid groups (broad SMARTS) is 1. The number of aromatic nitrogens is 4. The Hall–Kier alpha value is -3.64. The minimum Gasteiger partial charge on any atom is -0.467 e. The zero-order chi connectivity index (χ0) is 24.0. The van der Waals surface area contributed by atoms with Gasteiger partial charge in [0.1, 0.15) is 0 Å². The van der Waals surface area contributed by atoms with Gasteiger partial charge >= 0.3 is 18.1 Å². The topological polar surface area (TPSA) is 142 Å². The molecule has 178 valence electrons. The van der Waals surface area contributed by atoms with E-state index in [9.17, 15) is 18.4 Å². The number of rotatable bonds is 7. The van der Waals surface area contributed by atoms with Crippen LogP contribution in [0.3, 0.4) is 0 Å². The second-order valence-electron chi connectivity index (χ2n) is 7.77. The van der Waals surface area contributed by atoms with Crippen LogP contribution in [0.5, 0.6) is 6.01 Å². The fourth-order valence-corrected chi connectivity index (χ4v) is 3.57. The normalized spacial score (nSPS) is 18.3. The van der Waals surface area contributed by atoms with Crippen LogP contribution in [-0.4, -0.2) is 68.8 Å². The standard InChI is InChI=1S/C20H25F2N7O4/c1-20(21,22)11-27-18(30)29(14-5-3-13(4-6-14)28-19(31)32)16-10-23-15(9-24-16)12-7-25-17(33-2)26-8-12/h7-10,13-14,28H,3-6,11H2,1-2H3,(H,27,30)(H,31,32). The van der Waals surface area contributed by atoms with Crippen molar-refractivity contribution in [3.63, 3.8) is 0 Å². The van der Waals surface area contributed by atoms with E-state index < -0.39 is 24.6 Å². The molecule has 1 saturated carbocycles. The van der Waals surface area contributed by atoms with Crippen LogP contribution in [0.1, 0.15) is 32.6 Å². The van der Waals surface area contributed by atoms with E-state index in [-0.39, 0.29) is 23.9 Å². The maximum absolute atomic E-state index is 13.3. The Bertz CT molecular complexity index is 946. The van der Waals surface area contributed by atoms with E-state index >= 15 is 0 Å². The van der Waals surface area contributed by atoms with Gasteiger partial charge in [0.05, 0.1) is 31.7 Å². The zero-order valence-corrected chi connectivity index (χ0v) is 18.2. The van der Waals surface area contributed by atoms with Gasteiger partial charge in [0.2, 0.25) is 0 Å². The van der Waals surface area contributed by atoms with Crippen LogP contribution in [0, 0.1) is 0 Å². The summed E-state index contributed by atoms with van der Waals surface area (Å²) in [4.78, 5) is 41.7. The molecular formula is C20H25F2N7O4. The summed E-state index contributed by atoms with van der Waals surface area (Å²) in [6.45, 7) is -0.112. The number of carbonyl (C=O) groups is 2. The first kappa shape index (κ1) is 24.0. The molecule has 0 aliphatic heterocycles. The second-order valence-corrected chi connectivity index (χ2v) is 7.77. The number of nitrogens with one attached hydrogen (secondary N) is 2. The van der Waals surface area contributed by atoms with Crippen molar-refractivity contribution >= 4 is 17.9 Å². The molecule has 0 saturated heterocycles. The molecule has 0 bridgehead atoms. The summed E-state index contributed by atoms with van der Waals surface area (Å²) in [6.07, 6.45) is 6.67. The van der Waals surface area contributed by atoms with E-state index in [2.05, 4.69) is 30.6 Å². The third kappa shape index (κ3) is 6.67. The number of nitrogens with zero attached hydrogens (tertiary/aromatic N) is 5. The van der Waals surface area contributed by atoms with Gasteiger partial charge < -0.3 is 20.5 Å². The van der Waals surface area contributed by atoms with E-state index in [0.717, 1.165) is 0 Å². The largest absolute Gasteiger partial charge is 0.467 e. The van der Waals surface area contributed by atoms with Gasteiger partial charge in [0.25, 0.3) is 5.92 Å². The van der Waals surface area contributed by atoms with Gasteiger partial charge in [-0.15, -0.1) is 0 Å². The molecule has 3 amide bonds. The third-order valence-electron chi connectivity index (χ3n) is 5.15. The second kappa shape index (κ2) is 10.3. The molecule has 0 aromatic carbocycles. The summed E-state index contributed by atoms with van der Waals surface area (Å²) < 4.78 is 31.5. The Morgan fingerprint density at radius 3 is 2.30 bits per heavy atom. The number of urea groups is 1. The van der Waals surface area contributed by atoms with Crippen molar-refractivity contribution in [3.8, 4) is 17.3 Å². The average Bonchev–Trinajstić information content (AvgIpc) is 2.79. The first-order valence-electron chi connectivity index (χ1n) is 10.3. The molecule has 2 aromatic rings. The zero-order valence-electron chi connectivity index (χ0n) is 18.2. The smallest absolute Gasteiger partial charge is 0.404 e. The predicted molar refractivity (Wildman–Crippen MR) is 113 cm³/mol. The first-order chi connectivity index (χ1) is 15.7. The van der Waals surface area contributed by atoms with Crippen LogP contribution < -0.4 is 20.3 Å². The highest BCUT2D eigenvalue weighted by atomic mass is 19.3. The van der Waals surface area contributed by atoms with Crippen molar-refractivity contribution in [1.29, 1.82) is 0 Å². The van der Waals surface area contributed by atoms with Crippen LogP contribution >= 0.6 is 0 Å². The lowest BCUT2D eigenvalue weighted by Gasteiger charge is -2.36. The Morgan fingerprint density at radius 2 is 1.79 bits per heavy atom. The van der Waals surface area contributed by atoms with Gasteiger partial charge in [0.15, 0.2) is 5.82 Å². The highest BCUT2D eigenvalue weighted by Crippen LogP contribution is 2.27. The number of hydrogen-bond acceptors (Lipinski definition) is 7. The van der Waals surface area contributed by atoms with Gasteiger partial charge in [-0.3, -0.25) is 9.88 Å². The Morgan fingerprint density at radius 1 is 1.12 bits per heavy atom. The van der Waals surface area contributed by atoms with Crippen molar-refractivity contribution < 1.29 is 28.2 Å². The predicted octanol–water partition coefficient (Wildman–Crippen LogP) is 2.69. The molecule has 1 aliphatic rings. The number of alkyl halides is 2. The van der Waals surface area contributed by atoms with E-state index in [4.69, 9.17) is 9.84 Å². The van der Waals surface area contributed by atoms with Gasteiger partial charge in [-0.2, -0.15) is 0 Å². The maximum atomic E-state index is 13.3. The highest BCUT2D eigenvalue weighted by Gasteiger charge is 2.33. The molecular weight excluding hydrogens is 440 g/mol. The fraction of sp³-hybridized carbons (Fsp3) is 0.500. The molecule has 11 nitrogen and oxygen atoms in total. The SMILES string of the molecule is COc1ncc(-c2cnc(N(C(=O)NCC(C)(F)F)C3CCC(NC(=O)O)CC3)cn2)cn1. The summed E-state index contributed by atoms with van der Waals surface area (Å²) in [5.74, 6) is -2.88. The molecule has 2 aromatic heterocycles. The number of hydrogen-bond donors (Lipinski definition) is 3. The average molecular weight is 465 g/mol. The van der Waals surface area contributed by atoms with Gasteiger partial charge in [-0.05, 0) is 25.7 Å². The molecule has 3 rings (SSSR count). The molecule has 13 heteroatoms. The third-order valence-corrected chi connectivity index (χ3v) is 5.15. The van der Waals surface area contributed by atoms with E-state index in [1.807, 2.05) is 0 Å². The summed E-state index contributed by atoms with van der Waals surface area (Å²) in [5.41, 5.74) is 1.04. The van der Waals surface area contributed by atoms with Crippen LogP contribution in [0.25, 0.3) is 11.3 Å². The van der Waals surface area contributed by atoms with Crippen molar-refractivity contribution in [2.75, 3.05) is 18.6 Å². The molecule has 33 heavy (non-hydrogen) atoms. The molecule has 0 radical (unpaired) electrons. The lowest BCUT2D eigenvalue weighted by molar-refractivity contribution is 0.0254. The summed E-state index contributed by atoms with van der Waals surface area (Å²) in [7, 11) is 1.45. The van der Waals surface area contributed by atoms with Crippen LogP contribution in [0.4, 0.5) is 24.2 Å². The molecule has 0 spiro atoms. The molecule has 0 atom stereocenters. The summed E-state index contributed by atoms with van der Waals surface area (Å²) >= 11 is 0. The number of methoxy groups -OCH3 is 1. The Labute approximate surface area is 188 Å². The minimum absolute atomic E-state index is 0.194. The van der Waals surface area contributed by atoms with Crippen LogP contribution in [0.2, 0.25) is 0 Å². The Kier molecular flexibility index (Phi) is 7.51. The fourth-order valence-electron chi connectivity index (χ4n) is 3.57.